The summed E-state index contributed by atoms with van der Waals surface area (Å²) in [5.41, 5.74) is -0.532. The van der Waals surface area contributed by atoms with Crippen LogP contribution in [0.3, 0.4) is 0 Å². The molecule has 2 heterocycles. The quantitative estimate of drug-likeness (QED) is 0.860. The maximum absolute atomic E-state index is 13.0. The maximum Gasteiger partial charge on any atom is 0.222 e. The lowest BCUT2D eigenvalue weighted by Gasteiger charge is -2.40. The van der Waals surface area contributed by atoms with Crippen molar-refractivity contribution in [3.63, 3.8) is 0 Å². The van der Waals surface area contributed by atoms with Gasteiger partial charge in [0.15, 0.2) is 0 Å². The van der Waals surface area contributed by atoms with E-state index >= 15 is 0 Å². The highest BCUT2D eigenvalue weighted by Gasteiger charge is 2.46. The van der Waals surface area contributed by atoms with Gasteiger partial charge in [-0.1, -0.05) is 23.7 Å². The third-order valence-electron chi connectivity index (χ3n) is 4.84. The average Bonchev–Trinajstić information content (AvgIpc) is 3.05. The van der Waals surface area contributed by atoms with Crippen molar-refractivity contribution in [1.29, 1.82) is 0 Å². The Kier molecular flexibility index (Phi) is 5.20. The molecule has 0 aliphatic carbocycles. The fourth-order valence-electron chi connectivity index (χ4n) is 3.41. The highest BCUT2D eigenvalue weighted by atomic mass is 35.5. The Bertz CT molecular complexity index is 680. The largest absolute Gasteiger partial charge is 0.384 e. The van der Waals surface area contributed by atoms with Gasteiger partial charge in [0.2, 0.25) is 10.0 Å². The smallest absolute Gasteiger partial charge is 0.222 e. The number of nitrogens with zero attached hydrogens (tertiary/aromatic N) is 1. The molecule has 8 heteroatoms. The summed E-state index contributed by atoms with van der Waals surface area (Å²) in [7, 11) is -2.12. The van der Waals surface area contributed by atoms with Crippen molar-refractivity contribution in [3.05, 3.63) is 34.9 Å². The Labute approximate surface area is 147 Å². The first-order valence-corrected chi connectivity index (χ1v) is 9.83. The minimum Gasteiger partial charge on any atom is -0.384 e. The average molecular weight is 376 g/mol. The third kappa shape index (κ3) is 3.34. The van der Waals surface area contributed by atoms with E-state index in [-0.39, 0.29) is 19.8 Å². The van der Waals surface area contributed by atoms with Gasteiger partial charge in [-0.15, -0.1) is 0 Å². The lowest BCUT2D eigenvalue weighted by atomic mass is 9.87. The molecule has 1 aromatic rings. The van der Waals surface area contributed by atoms with Crippen LogP contribution in [0.25, 0.3) is 0 Å². The van der Waals surface area contributed by atoms with Crippen molar-refractivity contribution < 1.29 is 23.0 Å². The standard InChI is InChI=1S/C16H22ClNO5S/c1-22-14-9-23-10-15(14)24(20,21)18-8-2-7-16(19,11-18)12-3-5-13(17)6-4-12/h3-6,14-15,19H,2,7-11H2,1H3. The monoisotopic (exact) mass is 375 g/mol. The summed E-state index contributed by atoms with van der Waals surface area (Å²) < 4.78 is 37.8. The van der Waals surface area contributed by atoms with Gasteiger partial charge < -0.3 is 14.6 Å². The Morgan fingerprint density at radius 2 is 2.04 bits per heavy atom. The molecule has 0 saturated carbocycles. The number of methoxy groups -OCH3 is 1. The minimum absolute atomic E-state index is 0.0316. The van der Waals surface area contributed by atoms with E-state index in [1.165, 1.54) is 11.4 Å². The minimum atomic E-state index is -3.61. The van der Waals surface area contributed by atoms with Crippen LogP contribution in [0.15, 0.2) is 24.3 Å². The van der Waals surface area contributed by atoms with Crippen molar-refractivity contribution in [2.24, 2.45) is 0 Å². The number of aliphatic hydroxyl groups is 1. The van der Waals surface area contributed by atoms with Gasteiger partial charge in [-0.25, -0.2) is 8.42 Å². The lowest BCUT2D eigenvalue weighted by molar-refractivity contribution is -0.0130. The molecule has 3 rings (SSSR count). The van der Waals surface area contributed by atoms with Crippen LogP contribution in [0.2, 0.25) is 5.02 Å². The second kappa shape index (κ2) is 6.90. The molecule has 3 atom stereocenters. The van der Waals surface area contributed by atoms with Crippen molar-refractivity contribution in [3.8, 4) is 0 Å². The second-order valence-corrected chi connectivity index (χ2v) is 8.96. The van der Waals surface area contributed by atoms with E-state index in [1.807, 2.05) is 0 Å². The van der Waals surface area contributed by atoms with Crippen LogP contribution in [0.4, 0.5) is 0 Å². The fourth-order valence-corrected chi connectivity index (χ4v) is 5.54. The normalized spacial score (nSPS) is 32.1. The highest BCUT2D eigenvalue weighted by molar-refractivity contribution is 7.89. The molecule has 1 aromatic carbocycles. The fraction of sp³-hybridized carbons (Fsp3) is 0.625. The van der Waals surface area contributed by atoms with E-state index in [0.717, 1.165) is 0 Å². The molecule has 6 nitrogen and oxygen atoms in total. The summed E-state index contributed by atoms with van der Waals surface area (Å²) in [6.07, 6.45) is 0.625. The number of benzene rings is 1. The van der Waals surface area contributed by atoms with E-state index in [2.05, 4.69) is 0 Å². The molecule has 2 saturated heterocycles. The summed E-state index contributed by atoms with van der Waals surface area (Å²) in [5.74, 6) is 0. The number of hydrogen-bond acceptors (Lipinski definition) is 5. The molecule has 0 spiro atoms. The Balaban J connectivity index is 1.83. The van der Waals surface area contributed by atoms with Gasteiger partial charge in [-0.05, 0) is 30.5 Å². The van der Waals surface area contributed by atoms with Gasteiger partial charge in [0, 0.05) is 25.2 Å². The predicted octanol–water partition coefficient (Wildman–Crippen LogP) is 1.37. The van der Waals surface area contributed by atoms with E-state index in [1.54, 1.807) is 24.3 Å². The molecule has 3 unspecified atom stereocenters. The zero-order chi connectivity index (χ0) is 17.4. The van der Waals surface area contributed by atoms with E-state index < -0.39 is 27.0 Å². The summed E-state index contributed by atoms with van der Waals surface area (Å²) in [6.45, 7) is 0.821. The number of rotatable bonds is 4. The van der Waals surface area contributed by atoms with Gasteiger partial charge in [0.1, 0.15) is 17.0 Å². The van der Waals surface area contributed by atoms with E-state index in [9.17, 15) is 13.5 Å². The first kappa shape index (κ1) is 18.1. The zero-order valence-corrected chi connectivity index (χ0v) is 15.1. The first-order valence-electron chi connectivity index (χ1n) is 7.95. The van der Waals surface area contributed by atoms with Crippen LogP contribution < -0.4 is 0 Å². The van der Waals surface area contributed by atoms with Crippen LogP contribution in [0, 0.1) is 0 Å². The van der Waals surface area contributed by atoms with Crippen LogP contribution in [0.1, 0.15) is 18.4 Å². The number of sulfonamides is 1. The Hall–Kier alpha value is -0.700. The number of halogens is 1. The van der Waals surface area contributed by atoms with Crippen LogP contribution in [-0.2, 0) is 25.1 Å². The number of ether oxygens (including phenoxy) is 2. The molecular formula is C16H22ClNO5S. The molecular weight excluding hydrogens is 354 g/mol. The molecule has 24 heavy (non-hydrogen) atoms. The molecule has 0 bridgehead atoms. The zero-order valence-electron chi connectivity index (χ0n) is 13.5. The SMILES string of the molecule is COC1COCC1S(=O)(=O)N1CCCC(O)(c2ccc(Cl)cc2)C1. The second-order valence-electron chi connectivity index (χ2n) is 6.37. The van der Waals surface area contributed by atoms with Crippen molar-refractivity contribution in [1.82, 2.24) is 4.31 Å². The number of β-amino-alcohol motifs (C(OH)–C–C–N with tert-alkyl or cyclic N) is 1. The third-order valence-corrected chi connectivity index (χ3v) is 7.33. The predicted molar refractivity (Wildman–Crippen MR) is 90.5 cm³/mol. The summed E-state index contributed by atoms with van der Waals surface area (Å²) in [6, 6.07) is 6.90. The van der Waals surface area contributed by atoms with Crippen molar-refractivity contribution in [2.45, 2.75) is 29.8 Å². The van der Waals surface area contributed by atoms with Gasteiger partial charge in [-0.3, -0.25) is 0 Å². The van der Waals surface area contributed by atoms with E-state index in [0.29, 0.717) is 30.0 Å². The molecule has 0 aromatic heterocycles. The first-order chi connectivity index (χ1) is 11.4. The van der Waals surface area contributed by atoms with Gasteiger partial charge in [0.05, 0.1) is 13.2 Å². The summed E-state index contributed by atoms with van der Waals surface area (Å²) >= 11 is 5.90. The summed E-state index contributed by atoms with van der Waals surface area (Å²) in [5, 5.41) is 10.9. The maximum atomic E-state index is 13.0. The molecule has 0 amide bonds. The van der Waals surface area contributed by atoms with Crippen LogP contribution >= 0.6 is 11.6 Å². The molecule has 1 N–H and O–H groups in total. The van der Waals surface area contributed by atoms with Crippen molar-refractivity contribution in [2.75, 3.05) is 33.4 Å². The molecule has 2 fully saturated rings. The Morgan fingerprint density at radius 3 is 2.71 bits per heavy atom. The van der Waals surface area contributed by atoms with Gasteiger partial charge in [-0.2, -0.15) is 4.31 Å². The molecule has 134 valence electrons. The van der Waals surface area contributed by atoms with Crippen LogP contribution in [0.5, 0.6) is 0 Å². The topological polar surface area (TPSA) is 76.1 Å². The lowest BCUT2D eigenvalue weighted by Crippen LogP contribution is -2.53. The van der Waals surface area contributed by atoms with Crippen molar-refractivity contribution >= 4 is 21.6 Å². The molecule has 2 aliphatic rings. The number of hydrogen-bond donors (Lipinski definition) is 1. The molecule has 2 aliphatic heterocycles. The van der Waals surface area contributed by atoms with E-state index in [4.69, 9.17) is 21.1 Å². The van der Waals surface area contributed by atoms with Gasteiger partial charge >= 0.3 is 0 Å². The number of piperidine rings is 1. The summed E-state index contributed by atoms with van der Waals surface area (Å²) in [4.78, 5) is 0. The van der Waals surface area contributed by atoms with Gasteiger partial charge in [0.25, 0.3) is 0 Å². The Morgan fingerprint density at radius 1 is 1.33 bits per heavy atom. The highest BCUT2D eigenvalue weighted by Crippen LogP contribution is 2.35. The van der Waals surface area contributed by atoms with Crippen LogP contribution in [-0.4, -0.2) is 62.6 Å². The molecule has 0 radical (unpaired) electrons.